The molecule has 0 saturated carbocycles. The molecule has 0 radical (unpaired) electrons. The van der Waals surface area contributed by atoms with Gasteiger partial charge in [-0.3, -0.25) is 9.59 Å². The zero-order chi connectivity index (χ0) is 16.9. The molecule has 4 rings (SSSR count). The monoisotopic (exact) mass is 347 g/mol. The standard InChI is InChI=1S/C18H18ClNO4/c1-2-9-23-17(22)14-13-7-8-18(24-13)10-20(16(21)15(14)18)12-5-3-11(19)4-6-12/h3-8,13-15H,2,9-10H2,1H3/t13-,14+,15+,18-/m1/s1. The van der Waals surface area contributed by atoms with E-state index in [2.05, 4.69) is 0 Å². The van der Waals surface area contributed by atoms with Crippen LogP contribution in [0.4, 0.5) is 5.69 Å². The first kappa shape index (κ1) is 15.7. The van der Waals surface area contributed by atoms with Gasteiger partial charge in [-0.2, -0.15) is 0 Å². The van der Waals surface area contributed by atoms with Crippen LogP contribution in [0.2, 0.25) is 5.02 Å². The molecule has 4 atom stereocenters. The molecule has 2 fully saturated rings. The number of amides is 1. The van der Waals surface area contributed by atoms with Crippen LogP contribution < -0.4 is 4.90 Å². The second kappa shape index (κ2) is 5.60. The van der Waals surface area contributed by atoms with Gasteiger partial charge in [-0.05, 0) is 30.7 Å². The van der Waals surface area contributed by atoms with E-state index in [9.17, 15) is 9.59 Å². The van der Waals surface area contributed by atoms with Crippen molar-refractivity contribution >= 4 is 29.2 Å². The summed E-state index contributed by atoms with van der Waals surface area (Å²) in [6, 6.07) is 7.10. The van der Waals surface area contributed by atoms with Crippen molar-refractivity contribution in [2.45, 2.75) is 25.0 Å². The molecule has 3 aliphatic heterocycles. The molecule has 0 N–H and O–H groups in total. The third-order valence-electron chi connectivity index (χ3n) is 4.96. The van der Waals surface area contributed by atoms with Gasteiger partial charge in [0.2, 0.25) is 5.91 Å². The average Bonchev–Trinajstić information content (AvgIpc) is 3.22. The Hall–Kier alpha value is -1.85. The summed E-state index contributed by atoms with van der Waals surface area (Å²) in [5, 5.41) is 0.613. The van der Waals surface area contributed by atoms with Crippen molar-refractivity contribution in [1.29, 1.82) is 0 Å². The number of carbonyl (C=O) groups is 2. The lowest BCUT2D eigenvalue weighted by atomic mass is 9.77. The van der Waals surface area contributed by atoms with Crippen LogP contribution in [0.3, 0.4) is 0 Å². The van der Waals surface area contributed by atoms with Crippen molar-refractivity contribution in [1.82, 2.24) is 0 Å². The van der Waals surface area contributed by atoms with Gasteiger partial charge in [0.25, 0.3) is 0 Å². The summed E-state index contributed by atoms with van der Waals surface area (Å²) < 4.78 is 11.3. The minimum atomic E-state index is -0.725. The molecule has 1 spiro atoms. The molecular formula is C18H18ClNO4. The summed E-state index contributed by atoms with van der Waals surface area (Å²) in [6.45, 7) is 2.71. The predicted octanol–water partition coefficient (Wildman–Crippen LogP) is 2.58. The summed E-state index contributed by atoms with van der Waals surface area (Å²) in [6.07, 6.45) is 4.20. The van der Waals surface area contributed by atoms with Gasteiger partial charge in [0.05, 0.1) is 25.2 Å². The molecule has 3 aliphatic rings. The lowest BCUT2D eigenvalue weighted by Crippen LogP contribution is -2.40. The quantitative estimate of drug-likeness (QED) is 0.620. The number of esters is 1. The first-order valence-corrected chi connectivity index (χ1v) is 8.54. The van der Waals surface area contributed by atoms with Crippen LogP contribution in [0.1, 0.15) is 13.3 Å². The molecule has 5 nitrogen and oxygen atoms in total. The number of anilines is 1. The van der Waals surface area contributed by atoms with E-state index >= 15 is 0 Å². The molecule has 0 aromatic heterocycles. The van der Waals surface area contributed by atoms with Gasteiger partial charge >= 0.3 is 5.97 Å². The highest BCUT2D eigenvalue weighted by Crippen LogP contribution is 2.52. The topological polar surface area (TPSA) is 55.8 Å². The Bertz CT molecular complexity index is 716. The van der Waals surface area contributed by atoms with Gasteiger partial charge in [-0.1, -0.05) is 30.7 Å². The maximum atomic E-state index is 13.0. The Balaban J connectivity index is 1.64. The SMILES string of the molecule is CCCOC(=O)[C@@H]1[C@H]2C(=O)N(c3ccc(Cl)cc3)C[C@]23C=C[C@H]1O3. The maximum absolute atomic E-state index is 13.0. The Labute approximate surface area is 145 Å². The highest BCUT2D eigenvalue weighted by molar-refractivity contribution is 6.30. The number of benzene rings is 1. The smallest absolute Gasteiger partial charge is 0.312 e. The number of hydrogen-bond acceptors (Lipinski definition) is 4. The van der Waals surface area contributed by atoms with Gasteiger partial charge in [0.15, 0.2) is 0 Å². The van der Waals surface area contributed by atoms with E-state index in [1.165, 1.54) is 0 Å². The molecule has 24 heavy (non-hydrogen) atoms. The largest absolute Gasteiger partial charge is 0.465 e. The van der Waals surface area contributed by atoms with Crippen LogP contribution in [0.5, 0.6) is 0 Å². The minimum absolute atomic E-state index is 0.0948. The fourth-order valence-electron chi connectivity index (χ4n) is 3.91. The van der Waals surface area contributed by atoms with Gasteiger partial charge in [-0.25, -0.2) is 0 Å². The van der Waals surface area contributed by atoms with Gasteiger partial charge in [0.1, 0.15) is 11.5 Å². The molecule has 3 heterocycles. The normalized spacial score (nSPS) is 33.2. The molecule has 2 saturated heterocycles. The van der Waals surface area contributed by atoms with Crippen molar-refractivity contribution in [3.63, 3.8) is 0 Å². The summed E-state index contributed by atoms with van der Waals surface area (Å²) in [5.74, 6) is -1.52. The van der Waals surface area contributed by atoms with E-state index < -0.39 is 17.4 Å². The average molecular weight is 348 g/mol. The molecule has 1 aromatic rings. The number of rotatable bonds is 4. The molecule has 0 aliphatic carbocycles. The Morgan fingerprint density at radius 1 is 1.42 bits per heavy atom. The van der Waals surface area contributed by atoms with Gasteiger partial charge < -0.3 is 14.4 Å². The van der Waals surface area contributed by atoms with E-state index in [0.717, 1.165) is 12.1 Å². The van der Waals surface area contributed by atoms with Crippen LogP contribution in [-0.4, -0.2) is 36.7 Å². The van der Waals surface area contributed by atoms with Crippen LogP contribution >= 0.6 is 11.6 Å². The van der Waals surface area contributed by atoms with Gasteiger partial charge in [0, 0.05) is 10.7 Å². The number of ether oxygens (including phenoxy) is 2. The number of nitrogens with zero attached hydrogens (tertiary/aromatic N) is 1. The summed E-state index contributed by atoms with van der Waals surface area (Å²) in [4.78, 5) is 27.1. The lowest BCUT2D eigenvalue weighted by molar-refractivity contribution is -0.152. The molecule has 2 bridgehead atoms. The molecule has 1 aromatic carbocycles. The van der Waals surface area contributed by atoms with Crippen LogP contribution in [0.15, 0.2) is 36.4 Å². The predicted molar refractivity (Wildman–Crippen MR) is 88.8 cm³/mol. The van der Waals surface area contributed by atoms with Crippen molar-refractivity contribution < 1.29 is 19.1 Å². The van der Waals surface area contributed by atoms with E-state index in [-0.39, 0.29) is 18.0 Å². The summed E-state index contributed by atoms with van der Waals surface area (Å²) in [7, 11) is 0. The minimum Gasteiger partial charge on any atom is -0.465 e. The zero-order valence-electron chi connectivity index (χ0n) is 13.3. The highest BCUT2D eigenvalue weighted by atomic mass is 35.5. The molecule has 0 unspecified atom stereocenters. The third-order valence-corrected chi connectivity index (χ3v) is 5.21. The van der Waals surface area contributed by atoms with Crippen LogP contribution in [-0.2, 0) is 19.1 Å². The maximum Gasteiger partial charge on any atom is 0.312 e. The molecule has 126 valence electrons. The Kier molecular flexibility index (Phi) is 3.66. The second-order valence-corrected chi connectivity index (χ2v) is 6.90. The lowest BCUT2D eigenvalue weighted by Gasteiger charge is -2.22. The van der Waals surface area contributed by atoms with Crippen LogP contribution in [0, 0.1) is 11.8 Å². The summed E-state index contributed by atoms with van der Waals surface area (Å²) >= 11 is 5.92. The van der Waals surface area contributed by atoms with Gasteiger partial charge in [-0.15, -0.1) is 0 Å². The van der Waals surface area contributed by atoms with Crippen molar-refractivity contribution in [2.75, 3.05) is 18.1 Å². The van der Waals surface area contributed by atoms with Crippen molar-refractivity contribution in [3.05, 3.63) is 41.4 Å². The summed E-state index contributed by atoms with van der Waals surface area (Å²) in [5.41, 5.74) is 0.0337. The number of carbonyl (C=O) groups excluding carboxylic acids is 2. The van der Waals surface area contributed by atoms with E-state index in [1.807, 2.05) is 19.1 Å². The third kappa shape index (κ3) is 2.19. The number of hydrogen-bond donors (Lipinski definition) is 0. The number of halogens is 1. The number of fused-ring (bicyclic) bond motifs is 1. The molecular weight excluding hydrogens is 330 g/mol. The molecule has 6 heteroatoms. The fraction of sp³-hybridized carbons (Fsp3) is 0.444. The highest BCUT2D eigenvalue weighted by Gasteiger charge is 2.67. The first-order valence-electron chi connectivity index (χ1n) is 8.16. The van der Waals surface area contributed by atoms with E-state index in [0.29, 0.717) is 18.2 Å². The molecule has 1 amide bonds. The van der Waals surface area contributed by atoms with Crippen LogP contribution in [0.25, 0.3) is 0 Å². The second-order valence-electron chi connectivity index (χ2n) is 6.47. The van der Waals surface area contributed by atoms with E-state index in [4.69, 9.17) is 21.1 Å². The Morgan fingerprint density at radius 2 is 2.17 bits per heavy atom. The Morgan fingerprint density at radius 3 is 2.88 bits per heavy atom. The fourth-order valence-corrected chi connectivity index (χ4v) is 4.03. The van der Waals surface area contributed by atoms with Crippen molar-refractivity contribution in [2.24, 2.45) is 11.8 Å². The van der Waals surface area contributed by atoms with Crippen molar-refractivity contribution in [3.8, 4) is 0 Å². The van der Waals surface area contributed by atoms with E-state index in [1.54, 1.807) is 29.2 Å². The zero-order valence-corrected chi connectivity index (χ0v) is 14.0. The first-order chi connectivity index (χ1) is 11.6.